The molecular weight excluding hydrogens is 528 g/mol. The molecule has 2 aromatic heterocycles. The number of piperidine rings is 1. The Bertz CT molecular complexity index is 1330. The van der Waals surface area contributed by atoms with E-state index in [1.165, 1.54) is 0 Å². The number of carbonyl (C=O) groups is 1. The fraction of sp³-hybridized carbons (Fsp3) is 0.269. The lowest BCUT2D eigenvalue weighted by Gasteiger charge is -2.33. The minimum Gasteiger partial charge on any atom is -0.370 e. The van der Waals surface area contributed by atoms with Gasteiger partial charge in [0.2, 0.25) is 0 Å². The van der Waals surface area contributed by atoms with E-state index in [1.54, 1.807) is 10.7 Å². The summed E-state index contributed by atoms with van der Waals surface area (Å²) in [6, 6.07) is 19.6. The van der Waals surface area contributed by atoms with E-state index in [9.17, 15) is 4.79 Å². The van der Waals surface area contributed by atoms with Crippen LogP contribution in [0.3, 0.4) is 0 Å². The minimum absolute atomic E-state index is 0.0122. The first kappa shape index (κ1) is 23.6. The van der Waals surface area contributed by atoms with Crippen LogP contribution in [0.2, 0.25) is 5.02 Å². The molecule has 1 aliphatic rings. The van der Waals surface area contributed by atoms with Crippen molar-refractivity contribution in [3.05, 3.63) is 81.9 Å². The summed E-state index contributed by atoms with van der Waals surface area (Å²) < 4.78 is 2.60. The highest BCUT2D eigenvalue weighted by Gasteiger charge is 2.24. The van der Waals surface area contributed by atoms with E-state index in [4.69, 9.17) is 16.6 Å². The highest BCUT2D eigenvalue weighted by atomic mass is 79.9. The molecule has 2 N–H and O–H groups in total. The second-order valence-corrected chi connectivity index (χ2v) is 9.98. The first-order chi connectivity index (χ1) is 17.1. The zero-order valence-electron chi connectivity index (χ0n) is 19.1. The Hall–Kier alpha value is -3.10. The Morgan fingerprint density at radius 2 is 1.94 bits per heavy atom. The van der Waals surface area contributed by atoms with Crippen molar-refractivity contribution in [2.75, 3.05) is 25.0 Å². The summed E-state index contributed by atoms with van der Waals surface area (Å²) in [5.41, 5.74) is 3.46. The second kappa shape index (κ2) is 10.7. The standard InChI is InChI=1S/C26H26BrClN6O/c27-21-16-31-34-24(13-23(32-25(21)34)20-10-4-5-11-22(20)28)29-15-19-9-6-12-33(17-19)26(35)30-14-18-7-2-1-3-8-18/h1-5,7-8,10-11,13,16,19,29H,6,9,12,14-15,17H2,(H,30,35). The average Bonchev–Trinajstić information content (AvgIpc) is 3.27. The Morgan fingerprint density at radius 3 is 2.77 bits per heavy atom. The van der Waals surface area contributed by atoms with E-state index in [2.05, 4.69) is 31.7 Å². The van der Waals surface area contributed by atoms with Gasteiger partial charge in [-0.3, -0.25) is 0 Å². The Morgan fingerprint density at radius 1 is 1.14 bits per heavy atom. The van der Waals surface area contributed by atoms with Crippen LogP contribution in [0, 0.1) is 5.92 Å². The van der Waals surface area contributed by atoms with Gasteiger partial charge in [0.05, 0.1) is 16.4 Å². The lowest BCUT2D eigenvalue weighted by molar-refractivity contribution is 0.168. The highest BCUT2D eigenvalue weighted by molar-refractivity contribution is 9.10. The number of rotatable bonds is 6. The van der Waals surface area contributed by atoms with Crippen molar-refractivity contribution in [3.8, 4) is 11.3 Å². The number of hydrogen-bond donors (Lipinski definition) is 2. The summed E-state index contributed by atoms with van der Waals surface area (Å²) in [6.45, 7) is 2.75. The van der Waals surface area contributed by atoms with Crippen molar-refractivity contribution in [2.24, 2.45) is 5.92 Å². The number of anilines is 1. The molecule has 0 spiro atoms. The fourth-order valence-corrected chi connectivity index (χ4v) is 5.00. The molecule has 0 bridgehead atoms. The molecule has 35 heavy (non-hydrogen) atoms. The van der Waals surface area contributed by atoms with Gasteiger partial charge < -0.3 is 15.5 Å². The van der Waals surface area contributed by atoms with E-state index in [1.807, 2.05) is 65.6 Å². The van der Waals surface area contributed by atoms with Crippen molar-refractivity contribution in [2.45, 2.75) is 19.4 Å². The van der Waals surface area contributed by atoms with Gasteiger partial charge >= 0.3 is 6.03 Å². The van der Waals surface area contributed by atoms with E-state index in [-0.39, 0.29) is 6.03 Å². The third-order valence-corrected chi connectivity index (χ3v) is 7.13. The number of hydrogen-bond acceptors (Lipinski definition) is 4. The predicted molar refractivity (Wildman–Crippen MR) is 143 cm³/mol. The zero-order valence-corrected chi connectivity index (χ0v) is 21.5. The molecule has 3 heterocycles. The molecule has 1 unspecified atom stereocenters. The molecule has 1 aliphatic heterocycles. The predicted octanol–water partition coefficient (Wildman–Crippen LogP) is 5.85. The van der Waals surface area contributed by atoms with E-state index >= 15 is 0 Å². The summed E-state index contributed by atoms with van der Waals surface area (Å²) in [4.78, 5) is 19.4. The molecule has 5 rings (SSSR count). The van der Waals surface area contributed by atoms with Crippen LogP contribution in [0.5, 0.6) is 0 Å². The minimum atomic E-state index is -0.0122. The summed E-state index contributed by atoms with van der Waals surface area (Å²) in [6.07, 6.45) is 3.78. The van der Waals surface area contributed by atoms with Crippen LogP contribution in [0.25, 0.3) is 16.9 Å². The van der Waals surface area contributed by atoms with Crippen molar-refractivity contribution >= 4 is 45.0 Å². The third-order valence-electron chi connectivity index (χ3n) is 6.24. The van der Waals surface area contributed by atoms with E-state index in [0.717, 1.165) is 58.7 Å². The highest BCUT2D eigenvalue weighted by Crippen LogP contribution is 2.30. The van der Waals surface area contributed by atoms with Gasteiger partial charge in [-0.15, -0.1) is 0 Å². The van der Waals surface area contributed by atoms with Crippen LogP contribution in [0.4, 0.5) is 10.6 Å². The quantitative estimate of drug-likeness (QED) is 0.314. The molecule has 0 aliphatic carbocycles. The number of nitrogens with one attached hydrogen (secondary N) is 2. The third kappa shape index (κ3) is 5.44. The number of benzene rings is 2. The summed E-state index contributed by atoms with van der Waals surface area (Å²) in [7, 11) is 0. The average molecular weight is 554 g/mol. The van der Waals surface area contributed by atoms with Crippen LogP contribution in [-0.2, 0) is 6.54 Å². The topological polar surface area (TPSA) is 74.6 Å². The van der Waals surface area contributed by atoms with Gasteiger partial charge in [-0.05, 0) is 46.3 Å². The van der Waals surface area contributed by atoms with Gasteiger partial charge in [0.15, 0.2) is 5.65 Å². The molecule has 7 nitrogen and oxygen atoms in total. The van der Waals surface area contributed by atoms with Crippen LogP contribution in [0.15, 0.2) is 71.3 Å². The van der Waals surface area contributed by atoms with Gasteiger partial charge in [-0.1, -0.05) is 60.1 Å². The Balaban J connectivity index is 1.27. The number of halogens is 2. The molecule has 2 aromatic carbocycles. The lowest BCUT2D eigenvalue weighted by atomic mass is 9.98. The monoisotopic (exact) mass is 552 g/mol. The smallest absolute Gasteiger partial charge is 0.317 e. The van der Waals surface area contributed by atoms with Crippen molar-refractivity contribution < 1.29 is 4.79 Å². The molecule has 0 radical (unpaired) electrons. The van der Waals surface area contributed by atoms with Gasteiger partial charge in [-0.25, -0.2) is 9.78 Å². The number of amides is 2. The zero-order chi connectivity index (χ0) is 24.2. The molecule has 2 amide bonds. The molecule has 1 atom stereocenters. The summed E-state index contributed by atoms with van der Waals surface area (Å²) >= 11 is 10.00. The number of fused-ring (bicyclic) bond motifs is 1. The van der Waals surface area contributed by atoms with Crippen LogP contribution >= 0.6 is 27.5 Å². The van der Waals surface area contributed by atoms with E-state index in [0.29, 0.717) is 24.0 Å². The number of nitrogens with zero attached hydrogens (tertiary/aromatic N) is 4. The van der Waals surface area contributed by atoms with Crippen LogP contribution in [-0.4, -0.2) is 45.2 Å². The normalized spacial score (nSPS) is 15.8. The first-order valence-electron chi connectivity index (χ1n) is 11.7. The fourth-order valence-electron chi connectivity index (χ4n) is 4.42. The molecule has 1 saturated heterocycles. The van der Waals surface area contributed by atoms with Gasteiger partial charge in [0.1, 0.15) is 5.82 Å². The van der Waals surface area contributed by atoms with Gasteiger partial charge in [0, 0.05) is 42.8 Å². The Labute approximate surface area is 217 Å². The Kier molecular flexibility index (Phi) is 7.20. The maximum Gasteiger partial charge on any atom is 0.317 e. The molecule has 9 heteroatoms. The van der Waals surface area contributed by atoms with Crippen LogP contribution in [0.1, 0.15) is 18.4 Å². The number of urea groups is 1. The maximum atomic E-state index is 12.8. The molecule has 4 aromatic rings. The van der Waals surface area contributed by atoms with Crippen molar-refractivity contribution in [1.82, 2.24) is 24.8 Å². The number of carbonyl (C=O) groups excluding carboxylic acids is 1. The van der Waals surface area contributed by atoms with Crippen molar-refractivity contribution in [3.63, 3.8) is 0 Å². The summed E-state index contributed by atoms with van der Waals surface area (Å²) in [5, 5.41) is 11.7. The second-order valence-electron chi connectivity index (χ2n) is 8.71. The molecular formula is C26H26BrClN6O. The van der Waals surface area contributed by atoms with Crippen LogP contribution < -0.4 is 10.6 Å². The number of likely N-dealkylation sites (tertiary alicyclic amines) is 1. The van der Waals surface area contributed by atoms with E-state index < -0.39 is 0 Å². The first-order valence-corrected chi connectivity index (χ1v) is 12.9. The largest absolute Gasteiger partial charge is 0.370 e. The molecule has 1 fully saturated rings. The lowest BCUT2D eigenvalue weighted by Crippen LogP contribution is -2.46. The molecule has 0 saturated carbocycles. The SMILES string of the molecule is O=C(NCc1ccccc1)N1CCCC(CNc2cc(-c3ccccc3Cl)nc3c(Br)cnn23)C1. The van der Waals surface area contributed by atoms with Crippen molar-refractivity contribution in [1.29, 1.82) is 0 Å². The maximum absolute atomic E-state index is 12.8. The van der Waals surface area contributed by atoms with Gasteiger partial charge in [0.25, 0.3) is 0 Å². The summed E-state index contributed by atoms with van der Waals surface area (Å²) in [5.74, 6) is 1.17. The number of aromatic nitrogens is 3. The molecule has 180 valence electrons. The van der Waals surface area contributed by atoms with Gasteiger partial charge in [-0.2, -0.15) is 9.61 Å².